The Bertz CT molecular complexity index is 649. The predicted molar refractivity (Wildman–Crippen MR) is 61.2 cm³/mol. The normalized spacial score (nSPS) is 12.5. The van der Waals surface area contributed by atoms with Gasteiger partial charge in [0.2, 0.25) is 6.79 Å². The van der Waals surface area contributed by atoms with Crippen molar-refractivity contribution in [1.29, 1.82) is 0 Å². The summed E-state index contributed by atoms with van der Waals surface area (Å²) in [5.74, 6) is -1.39. The second-order valence-electron chi connectivity index (χ2n) is 3.76. The van der Waals surface area contributed by atoms with Crippen molar-refractivity contribution in [2.24, 2.45) is 0 Å². The molecule has 0 amide bonds. The van der Waals surface area contributed by atoms with Gasteiger partial charge in [-0.1, -0.05) is 0 Å². The molecule has 1 aromatic heterocycles. The minimum Gasteiger partial charge on any atom is -0.454 e. The molecule has 1 aliphatic heterocycles. The molecule has 2 N–H and O–H groups in total. The molecule has 0 saturated heterocycles. The molecule has 5 nitrogen and oxygen atoms in total. The number of aromatic nitrogens is 1. The number of hydrogen-bond donors (Lipinski definition) is 1. The van der Waals surface area contributed by atoms with Gasteiger partial charge in [0.15, 0.2) is 29.0 Å². The van der Waals surface area contributed by atoms with Gasteiger partial charge in [-0.05, 0) is 12.1 Å². The summed E-state index contributed by atoms with van der Waals surface area (Å²) >= 11 is 0. The first-order valence-electron chi connectivity index (χ1n) is 5.32. The second-order valence-corrected chi connectivity index (χ2v) is 3.76. The lowest BCUT2D eigenvalue weighted by atomic mass is 10.3. The van der Waals surface area contributed by atoms with Crippen LogP contribution in [-0.2, 0) is 0 Å². The number of rotatable bonds is 2. The fourth-order valence-corrected chi connectivity index (χ4v) is 1.59. The van der Waals surface area contributed by atoms with Crippen molar-refractivity contribution < 1.29 is 23.0 Å². The summed E-state index contributed by atoms with van der Waals surface area (Å²) in [7, 11) is 0. The van der Waals surface area contributed by atoms with Gasteiger partial charge in [0.1, 0.15) is 5.75 Å². The highest BCUT2D eigenvalue weighted by atomic mass is 19.1. The van der Waals surface area contributed by atoms with Gasteiger partial charge in [-0.15, -0.1) is 0 Å². The van der Waals surface area contributed by atoms with E-state index in [0.29, 0.717) is 17.6 Å². The minimum atomic E-state index is -0.940. The van der Waals surface area contributed by atoms with Crippen molar-refractivity contribution in [3.8, 4) is 23.1 Å². The van der Waals surface area contributed by atoms with Gasteiger partial charge >= 0.3 is 0 Å². The maximum absolute atomic E-state index is 13.5. The van der Waals surface area contributed by atoms with Crippen LogP contribution in [0.3, 0.4) is 0 Å². The summed E-state index contributed by atoms with van der Waals surface area (Å²) in [6, 6.07) is 5.30. The van der Waals surface area contributed by atoms with Crippen molar-refractivity contribution in [3.05, 3.63) is 35.9 Å². The number of anilines is 1. The zero-order valence-corrected chi connectivity index (χ0v) is 9.52. The first kappa shape index (κ1) is 11.5. The summed E-state index contributed by atoms with van der Waals surface area (Å²) < 4.78 is 41.9. The fourth-order valence-electron chi connectivity index (χ4n) is 1.59. The van der Waals surface area contributed by atoms with Gasteiger partial charge in [-0.2, -0.15) is 4.98 Å². The average Bonchev–Trinajstić information content (AvgIpc) is 2.83. The van der Waals surface area contributed by atoms with Crippen molar-refractivity contribution in [2.45, 2.75) is 0 Å². The van der Waals surface area contributed by atoms with E-state index in [-0.39, 0.29) is 12.5 Å². The van der Waals surface area contributed by atoms with E-state index in [1.54, 1.807) is 12.1 Å². The highest BCUT2D eigenvalue weighted by Crippen LogP contribution is 2.36. The summed E-state index contributed by atoms with van der Waals surface area (Å²) in [6.45, 7) is 0.120. The second kappa shape index (κ2) is 4.27. The molecule has 0 bridgehead atoms. The quantitative estimate of drug-likeness (QED) is 0.904. The Labute approximate surface area is 106 Å². The maximum atomic E-state index is 13.5. The number of ether oxygens (including phenoxy) is 3. The minimum absolute atomic E-state index is 0.120. The first-order chi connectivity index (χ1) is 9.13. The van der Waals surface area contributed by atoms with Crippen LogP contribution in [0.25, 0.3) is 0 Å². The Morgan fingerprint density at radius 3 is 2.74 bits per heavy atom. The van der Waals surface area contributed by atoms with Gasteiger partial charge < -0.3 is 19.9 Å². The summed E-state index contributed by atoms with van der Waals surface area (Å²) in [5, 5.41) is 0. The average molecular weight is 266 g/mol. The van der Waals surface area contributed by atoms with Gasteiger partial charge in [-0.25, -0.2) is 8.78 Å². The molecule has 1 aliphatic rings. The van der Waals surface area contributed by atoms with Crippen LogP contribution in [0, 0.1) is 11.6 Å². The molecular formula is C12H8F2N2O3. The molecule has 0 unspecified atom stereocenters. The summed E-state index contributed by atoms with van der Waals surface area (Å²) in [6.07, 6.45) is 0. The van der Waals surface area contributed by atoms with E-state index in [2.05, 4.69) is 4.98 Å². The van der Waals surface area contributed by atoms with Crippen LogP contribution in [0.4, 0.5) is 14.6 Å². The number of nitrogens with zero attached hydrogens (tertiary/aromatic N) is 1. The molecule has 0 spiro atoms. The van der Waals surface area contributed by atoms with E-state index < -0.39 is 23.3 Å². The Morgan fingerprint density at radius 2 is 1.89 bits per heavy atom. The topological polar surface area (TPSA) is 66.6 Å². The molecule has 0 saturated carbocycles. The van der Waals surface area contributed by atoms with Crippen molar-refractivity contribution in [3.63, 3.8) is 0 Å². The molecule has 2 heterocycles. The van der Waals surface area contributed by atoms with Crippen molar-refractivity contribution >= 4 is 5.82 Å². The van der Waals surface area contributed by atoms with Crippen LogP contribution < -0.4 is 19.9 Å². The monoisotopic (exact) mass is 266 g/mol. The van der Waals surface area contributed by atoms with E-state index in [1.165, 1.54) is 6.07 Å². The largest absolute Gasteiger partial charge is 0.454 e. The molecule has 19 heavy (non-hydrogen) atoms. The third-order valence-electron chi connectivity index (χ3n) is 2.48. The molecule has 0 aliphatic carbocycles. The predicted octanol–water partition coefficient (Wildman–Crippen LogP) is 2.46. The molecule has 0 radical (unpaired) electrons. The van der Waals surface area contributed by atoms with Crippen LogP contribution in [0.1, 0.15) is 0 Å². The third kappa shape index (κ3) is 2.10. The number of nitrogens with two attached hydrogens (primary N) is 1. The number of halogens is 2. The highest BCUT2D eigenvalue weighted by molar-refractivity contribution is 5.48. The van der Waals surface area contributed by atoms with E-state index in [0.717, 1.165) is 0 Å². The number of benzene rings is 1. The summed E-state index contributed by atoms with van der Waals surface area (Å²) in [5.41, 5.74) is 5.26. The maximum Gasteiger partial charge on any atom is 0.258 e. The fraction of sp³-hybridized carbons (Fsp3) is 0.0833. The van der Waals surface area contributed by atoms with Crippen LogP contribution in [0.2, 0.25) is 0 Å². The Morgan fingerprint density at radius 1 is 1.11 bits per heavy atom. The van der Waals surface area contributed by atoms with E-state index in [4.69, 9.17) is 19.9 Å². The molecule has 0 fully saturated rings. The third-order valence-corrected chi connectivity index (χ3v) is 2.48. The van der Waals surface area contributed by atoms with Gasteiger partial charge in [0, 0.05) is 12.1 Å². The van der Waals surface area contributed by atoms with Gasteiger partial charge in [0.25, 0.3) is 5.88 Å². The number of hydrogen-bond acceptors (Lipinski definition) is 5. The van der Waals surface area contributed by atoms with E-state index in [1.807, 2.05) is 0 Å². The molecule has 2 aromatic rings. The lowest BCUT2D eigenvalue weighted by molar-refractivity contribution is 0.174. The Hall–Kier alpha value is -2.57. The Balaban J connectivity index is 1.91. The van der Waals surface area contributed by atoms with E-state index >= 15 is 0 Å². The van der Waals surface area contributed by atoms with Crippen LogP contribution in [-0.4, -0.2) is 11.8 Å². The Kier molecular flexibility index (Phi) is 2.59. The smallest absolute Gasteiger partial charge is 0.258 e. The van der Waals surface area contributed by atoms with Crippen molar-refractivity contribution in [2.75, 3.05) is 12.5 Å². The number of fused-ring (bicyclic) bond motifs is 1. The van der Waals surface area contributed by atoms with Crippen LogP contribution >= 0.6 is 0 Å². The molecule has 1 aromatic carbocycles. The number of nitrogen functional groups attached to an aromatic ring is 1. The molecule has 98 valence electrons. The van der Waals surface area contributed by atoms with E-state index in [9.17, 15) is 8.78 Å². The van der Waals surface area contributed by atoms with Crippen molar-refractivity contribution in [1.82, 2.24) is 4.98 Å². The lowest BCUT2D eigenvalue weighted by Gasteiger charge is -2.07. The zero-order chi connectivity index (χ0) is 13.4. The van der Waals surface area contributed by atoms with Gasteiger partial charge in [0.05, 0.1) is 0 Å². The molecule has 7 heteroatoms. The SMILES string of the molecule is Nc1nc(Oc2ccc3c(c2)OCO3)c(F)cc1F. The van der Waals surface area contributed by atoms with Gasteiger partial charge in [-0.3, -0.25) is 0 Å². The standard InChI is InChI=1S/C12H8F2N2O3/c13-7-4-8(14)12(16-11(7)15)19-6-1-2-9-10(3-6)18-5-17-9/h1-4H,5H2,(H2,15,16). The lowest BCUT2D eigenvalue weighted by Crippen LogP contribution is -2.00. The zero-order valence-electron chi connectivity index (χ0n) is 9.52. The molecule has 3 rings (SSSR count). The number of pyridine rings is 1. The molecular weight excluding hydrogens is 258 g/mol. The van der Waals surface area contributed by atoms with Crippen LogP contribution in [0.15, 0.2) is 24.3 Å². The molecule has 0 atom stereocenters. The summed E-state index contributed by atoms with van der Waals surface area (Å²) in [4.78, 5) is 3.49. The highest BCUT2D eigenvalue weighted by Gasteiger charge is 2.16. The van der Waals surface area contributed by atoms with Crippen LogP contribution in [0.5, 0.6) is 23.1 Å². The first-order valence-corrected chi connectivity index (χ1v) is 5.32.